The summed E-state index contributed by atoms with van der Waals surface area (Å²) in [6, 6.07) is 4.46. The Morgan fingerprint density at radius 3 is 2.83 bits per heavy atom. The summed E-state index contributed by atoms with van der Waals surface area (Å²) in [5.74, 6) is 0.359. The van der Waals surface area contributed by atoms with E-state index in [1.165, 1.54) is 12.1 Å². The number of halogens is 2. The van der Waals surface area contributed by atoms with Crippen LogP contribution >= 0.6 is 23.2 Å². The second kappa shape index (κ2) is 5.37. The molecule has 0 radical (unpaired) electrons. The van der Waals surface area contributed by atoms with Crippen molar-refractivity contribution in [2.45, 2.75) is 12.4 Å². The van der Waals surface area contributed by atoms with E-state index in [1.54, 1.807) is 23.1 Å². The SMILES string of the molecule is O=[N+]([O-])c1ccc(Cl)cc1Cn1cc(CCl)cn1. The molecule has 0 N–H and O–H groups in total. The molecule has 0 unspecified atom stereocenters. The fourth-order valence-corrected chi connectivity index (χ4v) is 1.93. The summed E-state index contributed by atoms with van der Waals surface area (Å²) in [5.41, 5.74) is 1.40. The number of benzene rings is 1. The fraction of sp³-hybridized carbons (Fsp3) is 0.182. The first-order valence-corrected chi connectivity index (χ1v) is 6.01. The summed E-state index contributed by atoms with van der Waals surface area (Å²) in [4.78, 5) is 10.5. The third-order valence-electron chi connectivity index (χ3n) is 2.41. The van der Waals surface area contributed by atoms with Crippen LogP contribution in [0.2, 0.25) is 5.02 Å². The zero-order chi connectivity index (χ0) is 13.1. The molecule has 0 spiro atoms. The van der Waals surface area contributed by atoms with E-state index in [0.29, 0.717) is 16.5 Å². The van der Waals surface area contributed by atoms with E-state index in [2.05, 4.69) is 5.10 Å². The van der Waals surface area contributed by atoms with E-state index < -0.39 is 4.92 Å². The first-order chi connectivity index (χ1) is 8.60. The Morgan fingerprint density at radius 2 is 2.22 bits per heavy atom. The van der Waals surface area contributed by atoms with Crippen LogP contribution in [0.5, 0.6) is 0 Å². The number of nitro groups is 1. The smallest absolute Gasteiger partial charge is 0.268 e. The molecule has 0 amide bonds. The van der Waals surface area contributed by atoms with Crippen LogP contribution < -0.4 is 0 Å². The normalized spacial score (nSPS) is 10.6. The Kier molecular flexibility index (Phi) is 3.84. The second-order valence-corrected chi connectivity index (χ2v) is 4.41. The molecule has 1 aromatic heterocycles. The summed E-state index contributed by atoms with van der Waals surface area (Å²) >= 11 is 11.5. The first-order valence-electron chi connectivity index (χ1n) is 5.10. The zero-order valence-corrected chi connectivity index (χ0v) is 10.7. The summed E-state index contributed by atoms with van der Waals surface area (Å²) in [6.07, 6.45) is 3.38. The molecule has 0 aliphatic carbocycles. The largest absolute Gasteiger partial charge is 0.274 e. The topological polar surface area (TPSA) is 61.0 Å². The number of nitrogens with zero attached hydrogens (tertiary/aromatic N) is 3. The molecule has 7 heteroatoms. The van der Waals surface area contributed by atoms with E-state index in [0.717, 1.165) is 5.56 Å². The van der Waals surface area contributed by atoms with E-state index in [9.17, 15) is 10.1 Å². The summed E-state index contributed by atoms with van der Waals surface area (Å²) < 4.78 is 1.59. The maximum Gasteiger partial charge on any atom is 0.274 e. The van der Waals surface area contributed by atoms with Gasteiger partial charge < -0.3 is 0 Å². The molecular formula is C11H9Cl2N3O2. The Morgan fingerprint density at radius 1 is 1.44 bits per heavy atom. The highest BCUT2D eigenvalue weighted by atomic mass is 35.5. The predicted molar refractivity (Wildman–Crippen MR) is 69.0 cm³/mol. The summed E-state index contributed by atoms with van der Waals surface area (Å²) in [7, 11) is 0. The highest BCUT2D eigenvalue weighted by molar-refractivity contribution is 6.30. The van der Waals surface area contributed by atoms with Gasteiger partial charge in [-0.2, -0.15) is 5.10 Å². The number of hydrogen-bond acceptors (Lipinski definition) is 3. The molecule has 5 nitrogen and oxygen atoms in total. The Hall–Kier alpha value is -1.59. The molecule has 1 aromatic carbocycles. The third kappa shape index (κ3) is 2.80. The molecular weight excluding hydrogens is 277 g/mol. The molecule has 0 saturated heterocycles. The van der Waals surface area contributed by atoms with Crippen LogP contribution in [0.15, 0.2) is 30.6 Å². The van der Waals surface area contributed by atoms with Gasteiger partial charge in [0, 0.05) is 22.8 Å². The third-order valence-corrected chi connectivity index (χ3v) is 2.96. The second-order valence-electron chi connectivity index (χ2n) is 3.71. The Balaban J connectivity index is 2.32. The molecule has 94 valence electrons. The number of nitro benzene ring substituents is 1. The van der Waals surface area contributed by atoms with E-state index >= 15 is 0 Å². The van der Waals surface area contributed by atoms with Crippen LogP contribution in [-0.4, -0.2) is 14.7 Å². The van der Waals surface area contributed by atoms with Gasteiger partial charge in [0.25, 0.3) is 5.69 Å². The van der Waals surface area contributed by atoms with Gasteiger partial charge in [0.05, 0.1) is 29.1 Å². The fourth-order valence-electron chi connectivity index (χ4n) is 1.60. The minimum Gasteiger partial charge on any atom is -0.268 e. The van der Waals surface area contributed by atoms with Crippen LogP contribution in [0, 0.1) is 10.1 Å². The van der Waals surface area contributed by atoms with Crippen molar-refractivity contribution in [2.75, 3.05) is 0 Å². The molecule has 2 aromatic rings. The average Bonchev–Trinajstić information content (AvgIpc) is 2.76. The van der Waals surface area contributed by atoms with Crippen LogP contribution in [0.1, 0.15) is 11.1 Å². The molecule has 0 saturated carbocycles. The zero-order valence-electron chi connectivity index (χ0n) is 9.22. The monoisotopic (exact) mass is 285 g/mol. The van der Waals surface area contributed by atoms with Gasteiger partial charge in [0.1, 0.15) is 0 Å². The van der Waals surface area contributed by atoms with Crippen molar-refractivity contribution in [3.63, 3.8) is 0 Å². The average molecular weight is 286 g/mol. The lowest BCUT2D eigenvalue weighted by Crippen LogP contribution is -2.03. The lowest BCUT2D eigenvalue weighted by atomic mass is 10.2. The molecule has 0 atom stereocenters. The van der Waals surface area contributed by atoms with Crippen molar-refractivity contribution >= 4 is 28.9 Å². The lowest BCUT2D eigenvalue weighted by Gasteiger charge is -2.04. The summed E-state index contributed by atoms with van der Waals surface area (Å²) in [6.45, 7) is 0.285. The number of alkyl halides is 1. The maximum absolute atomic E-state index is 10.9. The number of rotatable bonds is 4. The van der Waals surface area contributed by atoms with Gasteiger partial charge in [0.15, 0.2) is 0 Å². The van der Waals surface area contributed by atoms with Crippen LogP contribution in [0.3, 0.4) is 0 Å². The molecule has 0 aliphatic rings. The standard InChI is InChI=1S/C11H9Cl2N3O2/c12-4-8-5-14-15(6-8)7-9-3-10(13)1-2-11(9)16(17)18/h1-3,5-6H,4,7H2. The van der Waals surface area contributed by atoms with Gasteiger partial charge in [0.2, 0.25) is 0 Å². The number of hydrogen-bond donors (Lipinski definition) is 0. The van der Waals surface area contributed by atoms with Crippen LogP contribution in [0.4, 0.5) is 5.69 Å². The van der Waals surface area contributed by atoms with E-state index in [1.807, 2.05) is 0 Å². The first kappa shape index (κ1) is 12.9. The van der Waals surface area contributed by atoms with Gasteiger partial charge in [-0.25, -0.2) is 0 Å². The van der Waals surface area contributed by atoms with E-state index in [-0.39, 0.29) is 12.2 Å². The predicted octanol–water partition coefficient (Wildman–Crippen LogP) is 3.23. The summed E-state index contributed by atoms with van der Waals surface area (Å²) in [5, 5.41) is 15.4. The van der Waals surface area contributed by atoms with Gasteiger partial charge in [-0.1, -0.05) is 11.6 Å². The Bertz CT molecular complexity index is 583. The minimum atomic E-state index is -0.433. The molecule has 1 heterocycles. The maximum atomic E-state index is 10.9. The van der Waals surface area contributed by atoms with Crippen molar-refractivity contribution in [1.29, 1.82) is 0 Å². The van der Waals surface area contributed by atoms with Crippen molar-refractivity contribution in [1.82, 2.24) is 9.78 Å². The Labute approximate surface area is 113 Å². The van der Waals surface area contributed by atoms with E-state index in [4.69, 9.17) is 23.2 Å². The van der Waals surface area contributed by atoms with Crippen molar-refractivity contribution in [3.8, 4) is 0 Å². The highest BCUT2D eigenvalue weighted by Crippen LogP contribution is 2.23. The highest BCUT2D eigenvalue weighted by Gasteiger charge is 2.14. The van der Waals surface area contributed by atoms with Crippen LogP contribution in [-0.2, 0) is 12.4 Å². The minimum absolute atomic E-state index is 0.0299. The van der Waals surface area contributed by atoms with Crippen molar-refractivity contribution in [3.05, 3.63) is 56.9 Å². The van der Waals surface area contributed by atoms with Crippen LogP contribution in [0.25, 0.3) is 0 Å². The molecule has 0 bridgehead atoms. The molecule has 2 rings (SSSR count). The van der Waals surface area contributed by atoms with Crippen molar-refractivity contribution < 1.29 is 4.92 Å². The van der Waals surface area contributed by atoms with Gasteiger partial charge in [-0.15, -0.1) is 11.6 Å². The lowest BCUT2D eigenvalue weighted by molar-refractivity contribution is -0.385. The molecule has 0 fully saturated rings. The quantitative estimate of drug-likeness (QED) is 0.492. The van der Waals surface area contributed by atoms with Gasteiger partial charge in [-0.05, 0) is 12.1 Å². The van der Waals surface area contributed by atoms with Gasteiger partial charge >= 0.3 is 0 Å². The van der Waals surface area contributed by atoms with Crippen molar-refractivity contribution in [2.24, 2.45) is 0 Å². The number of aromatic nitrogens is 2. The molecule has 0 aliphatic heterocycles. The van der Waals surface area contributed by atoms with Gasteiger partial charge in [-0.3, -0.25) is 14.8 Å². The molecule has 18 heavy (non-hydrogen) atoms.